The largest absolute Gasteiger partial charge is 0.363 e. The molecule has 3 amide bonds. The zero-order valence-electron chi connectivity index (χ0n) is 14.8. The summed E-state index contributed by atoms with van der Waals surface area (Å²) in [5.74, 6) is -0.300. The number of fused-ring (bicyclic) bond motifs is 1. The number of carbonyl (C=O) groups is 2. The molecule has 1 fully saturated rings. The van der Waals surface area contributed by atoms with Crippen molar-refractivity contribution in [3.8, 4) is 0 Å². The second-order valence-electron chi connectivity index (χ2n) is 6.76. The number of rotatable bonds is 4. The predicted octanol–water partition coefficient (Wildman–Crippen LogP) is 3.43. The van der Waals surface area contributed by atoms with Crippen LogP contribution < -0.4 is 15.5 Å². The summed E-state index contributed by atoms with van der Waals surface area (Å²) in [6, 6.07) is 13.5. The fraction of sp³-hybridized carbons (Fsp3) is 0.400. The van der Waals surface area contributed by atoms with Crippen molar-refractivity contribution in [2.75, 3.05) is 11.9 Å². The lowest BCUT2D eigenvalue weighted by Crippen LogP contribution is -2.50. The molecule has 1 aliphatic carbocycles. The quantitative estimate of drug-likeness (QED) is 0.897. The lowest BCUT2D eigenvalue weighted by atomic mass is 10.1. The van der Waals surface area contributed by atoms with Crippen molar-refractivity contribution in [2.24, 2.45) is 0 Å². The summed E-state index contributed by atoms with van der Waals surface area (Å²) in [4.78, 5) is 26.3. The number of urea groups is 1. The summed E-state index contributed by atoms with van der Waals surface area (Å²) in [5.41, 5.74) is 0.942. The van der Waals surface area contributed by atoms with Crippen molar-refractivity contribution in [3.05, 3.63) is 42.5 Å². The standard InChI is InChI=1S/C20H25N3O2/c1-14(19(24)22-20(25)21-17-9-5-6-10-17)23(2)18-12-11-15-7-3-4-8-16(15)13-18/h3-4,7-8,11-14,17H,5-6,9-10H2,1-2H3,(H2,21,22,24,25). The highest BCUT2D eigenvalue weighted by Crippen LogP contribution is 2.22. The molecule has 2 N–H and O–H groups in total. The molecule has 2 aromatic carbocycles. The molecule has 1 saturated carbocycles. The molecule has 1 atom stereocenters. The molecule has 0 aliphatic heterocycles. The molecular formula is C20H25N3O2. The van der Waals surface area contributed by atoms with E-state index in [0.29, 0.717) is 0 Å². The van der Waals surface area contributed by atoms with Crippen LogP contribution in [0.2, 0.25) is 0 Å². The van der Waals surface area contributed by atoms with Gasteiger partial charge in [-0.15, -0.1) is 0 Å². The van der Waals surface area contributed by atoms with Gasteiger partial charge in [0.05, 0.1) is 0 Å². The van der Waals surface area contributed by atoms with Gasteiger partial charge in [-0.3, -0.25) is 10.1 Å². The fourth-order valence-corrected chi connectivity index (χ4v) is 3.30. The summed E-state index contributed by atoms with van der Waals surface area (Å²) < 4.78 is 0. The molecule has 0 heterocycles. The van der Waals surface area contributed by atoms with Gasteiger partial charge in [-0.2, -0.15) is 0 Å². The van der Waals surface area contributed by atoms with Crippen molar-refractivity contribution in [1.82, 2.24) is 10.6 Å². The number of carbonyl (C=O) groups excluding carboxylic acids is 2. The first-order chi connectivity index (χ1) is 12.0. The summed E-state index contributed by atoms with van der Waals surface area (Å²) in [6.07, 6.45) is 4.27. The molecule has 0 aromatic heterocycles. The van der Waals surface area contributed by atoms with Crippen molar-refractivity contribution in [1.29, 1.82) is 0 Å². The highest BCUT2D eigenvalue weighted by Gasteiger charge is 2.23. The molecule has 0 saturated heterocycles. The van der Waals surface area contributed by atoms with Crippen LogP contribution in [0.1, 0.15) is 32.6 Å². The van der Waals surface area contributed by atoms with Crippen LogP contribution in [-0.2, 0) is 4.79 Å². The van der Waals surface area contributed by atoms with E-state index in [4.69, 9.17) is 0 Å². The van der Waals surface area contributed by atoms with Gasteiger partial charge in [0.1, 0.15) is 6.04 Å². The number of amides is 3. The molecular weight excluding hydrogens is 314 g/mol. The average molecular weight is 339 g/mol. The van der Waals surface area contributed by atoms with Gasteiger partial charge >= 0.3 is 6.03 Å². The molecule has 5 nitrogen and oxygen atoms in total. The van der Waals surface area contributed by atoms with Crippen molar-refractivity contribution >= 4 is 28.4 Å². The van der Waals surface area contributed by atoms with Gasteiger partial charge in [-0.1, -0.05) is 43.2 Å². The van der Waals surface area contributed by atoms with Crippen LogP contribution in [0.5, 0.6) is 0 Å². The second kappa shape index (κ2) is 7.55. The summed E-state index contributed by atoms with van der Waals surface area (Å²) in [7, 11) is 1.86. The summed E-state index contributed by atoms with van der Waals surface area (Å²) in [6.45, 7) is 1.80. The zero-order chi connectivity index (χ0) is 17.8. The van der Waals surface area contributed by atoms with Crippen LogP contribution in [0.25, 0.3) is 10.8 Å². The fourth-order valence-electron chi connectivity index (χ4n) is 3.30. The van der Waals surface area contributed by atoms with Crippen molar-refractivity contribution < 1.29 is 9.59 Å². The Labute approximate surface area is 148 Å². The minimum atomic E-state index is -0.449. The van der Waals surface area contributed by atoms with E-state index in [9.17, 15) is 9.59 Å². The minimum Gasteiger partial charge on any atom is -0.363 e. The third kappa shape index (κ3) is 4.10. The molecule has 3 rings (SSSR count). The van der Waals surface area contributed by atoms with E-state index in [2.05, 4.69) is 22.8 Å². The molecule has 0 radical (unpaired) electrons. The molecule has 1 aliphatic rings. The first-order valence-electron chi connectivity index (χ1n) is 8.87. The molecule has 2 aromatic rings. The lowest BCUT2D eigenvalue weighted by Gasteiger charge is -2.26. The molecule has 25 heavy (non-hydrogen) atoms. The number of imide groups is 1. The van der Waals surface area contributed by atoms with Crippen LogP contribution in [0.4, 0.5) is 10.5 Å². The van der Waals surface area contributed by atoms with Gasteiger partial charge in [0.2, 0.25) is 5.91 Å². The SMILES string of the molecule is CC(C(=O)NC(=O)NC1CCCC1)N(C)c1ccc2ccccc2c1. The molecule has 1 unspecified atom stereocenters. The maximum atomic E-state index is 12.4. The van der Waals surface area contributed by atoms with E-state index < -0.39 is 12.1 Å². The monoisotopic (exact) mass is 339 g/mol. The minimum absolute atomic E-state index is 0.196. The smallest absolute Gasteiger partial charge is 0.321 e. The molecule has 132 valence electrons. The normalized spacial score (nSPS) is 15.8. The molecule has 0 bridgehead atoms. The van der Waals surface area contributed by atoms with Crippen LogP contribution >= 0.6 is 0 Å². The first-order valence-corrected chi connectivity index (χ1v) is 8.87. The van der Waals surface area contributed by atoms with Crippen LogP contribution in [-0.4, -0.2) is 31.1 Å². The Morgan fingerprint density at radius 3 is 2.48 bits per heavy atom. The van der Waals surface area contributed by atoms with Crippen LogP contribution in [0, 0.1) is 0 Å². The number of hydrogen-bond donors (Lipinski definition) is 2. The Kier molecular flexibility index (Phi) is 5.22. The molecule has 0 spiro atoms. The predicted molar refractivity (Wildman–Crippen MR) is 101 cm³/mol. The maximum Gasteiger partial charge on any atom is 0.321 e. The van der Waals surface area contributed by atoms with Gasteiger partial charge in [-0.25, -0.2) is 4.79 Å². The topological polar surface area (TPSA) is 61.4 Å². The summed E-state index contributed by atoms with van der Waals surface area (Å²) >= 11 is 0. The highest BCUT2D eigenvalue weighted by atomic mass is 16.2. The van der Waals surface area contributed by atoms with Gasteiger partial charge in [0.25, 0.3) is 0 Å². The second-order valence-corrected chi connectivity index (χ2v) is 6.76. The number of hydrogen-bond acceptors (Lipinski definition) is 3. The van der Waals surface area contributed by atoms with Crippen LogP contribution in [0.15, 0.2) is 42.5 Å². The number of nitrogens with zero attached hydrogens (tertiary/aromatic N) is 1. The van der Waals surface area contributed by atoms with E-state index in [1.807, 2.05) is 42.3 Å². The van der Waals surface area contributed by atoms with E-state index in [0.717, 1.165) is 42.1 Å². The Bertz CT molecular complexity index is 768. The third-order valence-electron chi connectivity index (χ3n) is 5.03. The van der Waals surface area contributed by atoms with E-state index in [1.165, 1.54) is 0 Å². The number of benzene rings is 2. The number of nitrogens with one attached hydrogen (secondary N) is 2. The zero-order valence-corrected chi connectivity index (χ0v) is 14.8. The third-order valence-corrected chi connectivity index (χ3v) is 5.03. The highest BCUT2D eigenvalue weighted by molar-refractivity contribution is 5.98. The molecule has 5 heteroatoms. The maximum absolute atomic E-state index is 12.4. The summed E-state index contributed by atoms with van der Waals surface area (Å²) in [5, 5.41) is 7.63. The van der Waals surface area contributed by atoms with Gasteiger partial charge in [0.15, 0.2) is 0 Å². The Balaban J connectivity index is 1.62. The van der Waals surface area contributed by atoms with Crippen molar-refractivity contribution in [3.63, 3.8) is 0 Å². The number of anilines is 1. The Morgan fingerprint density at radius 1 is 1.08 bits per heavy atom. The van der Waals surface area contributed by atoms with Gasteiger partial charge in [-0.05, 0) is 42.7 Å². The average Bonchev–Trinajstić information content (AvgIpc) is 3.12. The Morgan fingerprint density at radius 2 is 1.76 bits per heavy atom. The van der Waals surface area contributed by atoms with Gasteiger partial charge in [0, 0.05) is 18.8 Å². The van der Waals surface area contributed by atoms with Crippen molar-refractivity contribution in [2.45, 2.75) is 44.7 Å². The Hall–Kier alpha value is -2.56. The van der Waals surface area contributed by atoms with E-state index in [1.54, 1.807) is 6.92 Å². The van der Waals surface area contributed by atoms with E-state index in [-0.39, 0.29) is 11.9 Å². The van der Waals surface area contributed by atoms with Crippen LogP contribution in [0.3, 0.4) is 0 Å². The lowest BCUT2D eigenvalue weighted by molar-refractivity contribution is -0.120. The van der Waals surface area contributed by atoms with Gasteiger partial charge < -0.3 is 10.2 Å². The first kappa shape index (κ1) is 17.3. The van der Waals surface area contributed by atoms with E-state index >= 15 is 0 Å². The number of likely N-dealkylation sites (N-methyl/N-ethyl adjacent to an activating group) is 1.